The molecule has 9 heteroatoms. The first-order valence-corrected chi connectivity index (χ1v) is 20.5. The molecule has 1 aromatic carbocycles. The molecular formula is C45H64O9. The number of carbonyl (C=O) groups is 2. The van der Waals surface area contributed by atoms with E-state index < -0.39 is 18.0 Å². The van der Waals surface area contributed by atoms with Crippen LogP contribution in [0.25, 0.3) is 11.1 Å². The average molecular weight is 749 g/mol. The lowest BCUT2D eigenvalue weighted by atomic mass is 9.89. The molecule has 0 bridgehead atoms. The summed E-state index contributed by atoms with van der Waals surface area (Å²) in [6, 6.07) is 17.8. The maximum atomic E-state index is 12.9. The number of fused-ring (bicyclic) bond motifs is 1. The first-order chi connectivity index (χ1) is 26.4. The van der Waals surface area contributed by atoms with Crippen molar-refractivity contribution in [1.82, 2.24) is 0 Å². The predicted octanol–water partition coefficient (Wildman–Crippen LogP) is 9.55. The Morgan fingerprint density at radius 2 is 1.13 bits per heavy atom. The molecule has 0 saturated carbocycles. The number of esters is 2. The third kappa shape index (κ3) is 12.1. The molecule has 3 aliphatic rings. The lowest BCUT2D eigenvalue weighted by Gasteiger charge is -2.46. The van der Waals surface area contributed by atoms with Crippen LogP contribution in [0.5, 0.6) is 0 Å². The lowest BCUT2D eigenvalue weighted by molar-refractivity contribution is -0.268. The summed E-state index contributed by atoms with van der Waals surface area (Å²) in [5, 5.41) is 0. The third-order valence-corrected chi connectivity index (χ3v) is 9.75. The molecule has 0 N–H and O–H groups in total. The van der Waals surface area contributed by atoms with Crippen LogP contribution in [0.3, 0.4) is 0 Å². The minimum absolute atomic E-state index is 0.237. The van der Waals surface area contributed by atoms with Crippen molar-refractivity contribution in [1.29, 1.82) is 0 Å². The van der Waals surface area contributed by atoms with Crippen molar-refractivity contribution in [3.8, 4) is 11.1 Å². The monoisotopic (exact) mass is 748 g/mol. The van der Waals surface area contributed by atoms with Crippen molar-refractivity contribution in [2.75, 3.05) is 46.2 Å². The number of hydrogen-bond acceptors (Lipinski definition) is 9. The summed E-state index contributed by atoms with van der Waals surface area (Å²) < 4.78 is 43.9. The highest BCUT2D eigenvalue weighted by atomic mass is 16.6. The molecule has 54 heavy (non-hydrogen) atoms. The molecule has 5 atom stereocenters. The summed E-state index contributed by atoms with van der Waals surface area (Å²) in [5.41, 5.74) is 5.11. The molecule has 0 spiro atoms. The van der Waals surface area contributed by atoms with Crippen molar-refractivity contribution in [3.05, 3.63) is 82.4 Å². The Morgan fingerprint density at radius 1 is 0.593 bits per heavy atom. The largest absolute Gasteiger partial charge is 0.462 e. The topological polar surface area (TPSA) is 98.8 Å². The summed E-state index contributed by atoms with van der Waals surface area (Å²) in [5.74, 6) is -0.934. The van der Waals surface area contributed by atoms with Gasteiger partial charge in [0, 0.05) is 26.4 Å². The van der Waals surface area contributed by atoms with Crippen LogP contribution >= 0.6 is 0 Å². The van der Waals surface area contributed by atoms with Crippen LogP contribution in [0.4, 0.5) is 0 Å². The Hall–Kier alpha value is -3.34. The van der Waals surface area contributed by atoms with Crippen LogP contribution in [-0.2, 0) is 39.6 Å². The van der Waals surface area contributed by atoms with Crippen LogP contribution in [0.2, 0.25) is 0 Å². The van der Waals surface area contributed by atoms with Crippen molar-refractivity contribution in [2.45, 2.75) is 130 Å². The summed E-state index contributed by atoms with van der Waals surface area (Å²) in [6.07, 6.45) is 6.86. The van der Waals surface area contributed by atoms with Gasteiger partial charge in [-0.3, -0.25) is 0 Å². The smallest absolute Gasteiger partial charge is 0.338 e. The molecular weight excluding hydrogens is 684 g/mol. The molecule has 4 rings (SSSR count). The van der Waals surface area contributed by atoms with E-state index in [0.29, 0.717) is 61.7 Å². The van der Waals surface area contributed by atoms with Gasteiger partial charge in [-0.2, -0.15) is 0 Å². The van der Waals surface area contributed by atoms with E-state index in [2.05, 4.69) is 52.0 Å². The second-order valence-electron chi connectivity index (χ2n) is 14.0. The average Bonchev–Trinajstić information content (AvgIpc) is 3.42. The van der Waals surface area contributed by atoms with Gasteiger partial charge < -0.3 is 33.2 Å². The fourth-order valence-electron chi connectivity index (χ4n) is 6.80. The minimum atomic E-state index is -0.467. The molecule has 1 saturated heterocycles. The molecule has 0 aromatic heterocycles. The zero-order valence-electron chi connectivity index (χ0n) is 33.6. The van der Waals surface area contributed by atoms with Crippen molar-refractivity contribution in [2.24, 2.45) is 0 Å². The number of hydrogen-bond donors (Lipinski definition) is 0. The molecule has 9 nitrogen and oxygen atoms in total. The van der Waals surface area contributed by atoms with E-state index in [1.807, 2.05) is 24.3 Å². The molecule has 1 aromatic rings. The Labute approximate surface area is 323 Å². The minimum Gasteiger partial charge on any atom is -0.462 e. The molecule has 0 radical (unpaired) electrons. The molecule has 0 unspecified atom stereocenters. The first kappa shape index (κ1) is 43.4. The van der Waals surface area contributed by atoms with Gasteiger partial charge in [-0.15, -0.1) is 0 Å². The first-order valence-electron chi connectivity index (χ1n) is 20.5. The van der Waals surface area contributed by atoms with E-state index in [0.717, 1.165) is 68.1 Å². The quantitative estimate of drug-likeness (QED) is 0.0655. The zero-order chi connectivity index (χ0) is 38.7. The third-order valence-electron chi connectivity index (χ3n) is 9.75. The van der Waals surface area contributed by atoms with Gasteiger partial charge in [-0.1, -0.05) is 102 Å². The molecule has 298 valence electrons. The highest BCUT2D eigenvalue weighted by Gasteiger charge is 2.48. The van der Waals surface area contributed by atoms with Gasteiger partial charge in [0.2, 0.25) is 0 Å². The van der Waals surface area contributed by atoms with Gasteiger partial charge in [0.05, 0.1) is 30.9 Å². The van der Waals surface area contributed by atoms with Crippen LogP contribution in [0, 0.1) is 0 Å². The maximum absolute atomic E-state index is 12.9. The number of carbonyl (C=O) groups excluding carboxylic acids is 2. The Kier molecular flexibility index (Phi) is 18.9. The predicted molar refractivity (Wildman–Crippen MR) is 212 cm³/mol. The van der Waals surface area contributed by atoms with E-state index in [-0.39, 0.29) is 37.6 Å². The van der Waals surface area contributed by atoms with Gasteiger partial charge in [0.15, 0.2) is 0 Å². The van der Waals surface area contributed by atoms with Gasteiger partial charge in [-0.05, 0) is 79.8 Å². The van der Waals surface area contributed by atoms with Gasteiger partial charge in [-0.25, -0.2) is 9.59 Å². The molecule has 0 amide bonds. The van der Waals surface area contributed by atoms with E-state index in [1.54, 1.807) is 19.9 Å². The summed E-state index contributed by atoms with van der Waals surface area (Å²) >= 11 is 0. The van der Waals surface area contributed by atoms with Gasteiger partial charge >= 0.3 is 11.9 Å². The number of unbranched alkanes of at least 4 members (excludes halogenated alkanes) is 4. The van der Waals surface area contributed by atoms with Gasteiger partial charge in [0.1, 0.15) is 30.5 Å². The normalized spacial score (nSPS) is 19.9. The summed E-state index contributed by atoms with van der Waals surface area (Å²) in [7, 11) is 0. The zero-order valence-corrected chi connectivity index (χ0v) is 33.6. The molecule has 2 aliphatic carbocycles. The second kappa shape index (κ2) is 23.6. The number of rotatable bonds is 24. The number of benzene rings is 1. The summed E-state index contributed by atoms with van der Waals surface area (Å²) in [4.78, 5) is 25.8. The Balaban J connectivity index is 1.70. The van der Waals surface area contributed by atoms with E-state index in [4.69, 9.17) is 33.2 Å². The molecule has 1 heterocycles. The van der Waals surface area contributed by atoms with Gasteiger partial charge in [0.25, 0.3) is 0 Å². The van der Waals surface area contributed by atoms with E-state index in [1.165, 1.54) is 0 Å². The molecule has 1 aliphatic heterocycles. The standard InChI is InChI=1S/C45H64O9/c1-7-13-24-48-31-39-41(51-25-14-8-2)43(53-27-16-10-4)42(52-26-15-9-3)40(54-39)34-19-17-18-33(29-34)28-32-20-22-35-36(23-21-32)38(45(47)50-12-6)30-37(35)44(46)49-11-5/h17-23,29-30,39-43H,7-16,24-28,31H2,1-6H3/t39-,40+,41-,42+,43+/m1/s1. The van der Waals surface area contributed by atoms with Crippen LogP contribution in [-0.4, -0.2) is 82.6 Å². The summed E-state index contributed by atoms with van der Waals surface area (Å²) in [6.45, 7) is 15.6. The fraction of sp³-hybridized carbons (Fsp3) is 0.600. The van der Waals surface area contributed by atoms with Crippen molar-refractivity contribution >= 4 is 11.9 Å². The Bertz CT molecular complexity index is 1470. The lowest BCUT2D eigenvalue weighted by Crippen LogP contribution is -2.58. The van der Waals surface area contributed by atoms with Crippen LogP contribution < -0.4 is 0 Å². The van der Waals surface area contributed by atoms with Crippen LogP contribution in [0.15, 0.2) is 54.6 Å². The van der Waals surface area contributed by atoms with Crippen LogP contribution in [0.1, 0.15) is 136 Å². The maximum Gasteiger partial charge on any atom is 0.338 e. The van der Waals surface area contributed by atoms with E-state index in [9.17, 15) is 9.59 Å². The van der Waals surface area contributed by atoms with Crippen molar-refractivity contribution in [3.63, 3.8) is 0 Å². The Morgan fingerprint density at radius 3 is 1.69 bits per heavy atom. The van der Waals surface area contributed by atoms with Crippen molar-refractivity contribution < 1.29 is 42.7 Å². The van der Waals surface area contributed by atoms with E-state index >= 15 is 0 Å². The molecule has 1 fully saturated rings. The fourth-order valence-corrected chi connectivity index (χ4v) is 6.80. The second-order valence-corrected chi connectivity index (χ2v) is 14.0. The highest BCUT2D eigenvalue weighted by Crippen LogP contribution is 2.39. The SMILES string of the molecule is CCCCOC[C@H]1O[C@@H](c2cccc(Cc3ccc4c(C(=O)OCC)cc(C(=O)OCC)c-4cc3)c2)[C@H](OCCCC)[C@@H](OCCCC)[C@@H]1OCCCC. The number of ether oxygens (including phenoxy) is 7. The highest BCUT2D eigenvalue weighted by molar-refractivity contribution is 6.08.